The highest BCUT2D eigenvalue weighted by molar-refractivity contribution is 9.10. The van der Waals surface area contributed by atoms with E-state index in [0.29, 0.717) is 12.2 Å². The lowest BCUT2D eigenvalue weighted by Crippen LogP contribution is -2.45. The number of amides is 1. The Kier molecular flexibility index (Phi) is 4.72. The van der Waals surface area contributed by atoms with E-state index in [4.69, 9.17) is 16.3 Å². The van der Waals surface area contributed by atoms with Crippen molar-refractivity contribution >= 4 is 21.8 Å². The van der Waals surface area contributed by atoms with Gasteiger partial charge in [-0.25, -0.2) is 5.84 Å². The molecule has 0 saturated carbocycles. The fourth-order valence-corrected chi connectivity index (χ4v) is 1.75. The van der Waals surface area contributed by atoms with E-state index < -0.39 is 11.9 Å². The van der Waals surface area contributed by atoms with Crippen molar-refractivity contribution in [1.29, 1.82) is 0 Å². The molecule has 5 N–H and O–H groups in total. The number of ether oxygens (including phenoxy) is 1. The first-order chi connectivity index (χ1) is 7.58. The molecule has 0 saturated heterocycles. The molecule has 0 fully saturated rings. The highest BCUT2D eigenvalue weighted by atomic mass is 79.9. The first-order valence-electron chi connectivity index (χ1n) is 4.67. The van der Waals surface area contributed by atoms with Crippen LogP contribution in [0.3, 0.4) is 0 Å². The Labute approximate surface area is 102 Å². The number of rotatable bonds is 4. The van der Waals surface area contributed by atoms with Gasteiger partial charge in [-0.15, -0.1) is 0 Å². The quantitative estimate of drug-likeness (QED) is 0.423. The Hall–Kier alpha value is -1.11. The molecule has 5 nitrogen and oxygen atoms in total. The van der Waals surface area contributed by atoms with Gasteiger partial charge in [0.1, 0.15) is 5.75 Å². The summed E-state index contributed by atoms with van der Waals surface area (Å²) in [6.07, 6.45) is 0.367. The maximum atomic E-state index is 11.2. The Morgan fingerprint density at radius 3 is 2.88 bits per heavy atom. The van der Waals surface area contributed by atoms with Crippen molar-refractivity contribution in [3.8, 4) is 5.75 Å². The number of hydrazine groups is 1. The summed E-state index contributed by atoms with van der Waals surface area (Å²) in [6, 6.07) is 4.85. The molecule has 0 radical (unpaired) electrons. The number of methoxy groups -OCH3 is 1. The zero-order chi connectivity index (χ0) is 12.1. The number of hydrogen-bond acceptors (Lipinski definition) is 4. The van der Waals surface area contributed by atoms with E-state index >= 15 is 0 Å². The first-order valence-corrected chi connectivity index (χ1v) is 5.46. The van der Waals surface area contributed by atoms with Crippen molar-refractivity contribution in [2.24, 2.45) is 11.6 Å². The predicted molar refractivity (Wildman–Crippen MR) is 64.7 cm³/mol. The Balaban J connectivity index is 2.86. The molecule has 1 amide bonds. The predicted octanol–water partition coefficient (Wildman–Crippen LogP) is 0.317. The number of carbonyl (C=O) groups is 1. The average molecular weight is 288 g/mol. The van der Waals surface area contributed by atoms with Crippen LogP contribution in [0.5, 0.6) is 5.75 Å². The molecule has 0 aliphatic rings. The molecule has 1 aromatic carbocycles. The van der Waals surface area contributed by atoms with Gasteiger partial charge in [-0.2, -0.15) is 0 Å². The fourth-order valence-electron chi connectivity index (χ4n) is 1.34. The third-order valence-electron chi connectivity index (χ3n) is 2.16. The van der Waals surface area contributed by atoms with Crippen molar-refractivity contribution in [1.82, 2.24) is 5.43 Å². The van der Waals surface area contributed by atoms with Crippen molar-refractivity contribution in [3.63, 3.8) is 0 Å². The van der Waals surface area contributed by atoms with Gasteiger partial charge in [0.2, 0.25) is 0 Å². The second kappa shape index (κ2) is 5.83. The molecule has 0 spiro atoms. The summed E-state index contributed by atoms with van der Waals surface area (Å²) in [5, 5.41) is 0. The van der Waals surface area contributed by atoms with E-state index in [-0.39, 0.29) is 0 Å². The minimum atomic E-state index is -0.687. The summed E-state index contributed by atoms with van der Waals surface area (Å²) in [6.45, 7) is 0. The molecule has 16 heavy (non-hydrogen) atoms. The van der Waals surface area contributed by atoms with Gasteiger partial charge < -0.3 is 10.5 Å². The number of nitrogens with one attached hydrogen (secondary N) is 1. The van der Waals surface area contributed by atoms with Gasteiger partial charge in [0.25, 0.3) is 5.91 Å². The molecule has 0 aliphatic heterocycles. The summed E-state index contributed by atoms with van der Waals surface area (Å²) >= 11 is 3.35. The number of nitrogens with two attached hydrogens (primary N) is 2. The standard InChI is InChI=1S/C10H14BrN3O2/c1-16-9-3-2-7(11)4-6(9)5-8(12)10(15)14-13/h2-4,8H,5,12-13H2,1H3,(H,14,15). The van der Waals surface area contributed by atoms with Crippen LogP contribution < -0.4 is 21.7 Å². The van der Waals surface area contributed by atoms with Gasteiger partial charge in [0.05, 0.1) is 13.2 Å². The van der Waals surface area contributed by atoms with E-state index in [2.05, 4.69) is 15.9 Å². The van der Waals surface area contributed by atoms with Crippen LogP contribution in [0, 0.1) is 0 Å². The van der Waals surface area contributed by atoms with E-state index in [1.54, 1.807) is 7.11 Å². The number of benzene rings is 1. The zero-order valence-corrected chi connectivity index (χ0v) is 10.5. The van der Waals surface area contributed by atoms with Crippen LogP contribution >= 0.6 is 15.9 Å². The van der Waals surface area contributed by atoms with Crippen molar-refractivity contribution in [2.45, 2.75) is 12.5 Å². The minimum absolute atomic E-state index is 0.367. The molecule has 0 heterocycles. The van der Waals surface area contributed by atoms with E-state index in [0.717, 1.165) is 10.0 Å². The second-order valence-electron chi connectivity index (χ2n) is 3.28. The van der Waals surface area contributed by atoms with Crippen molar-refractivity contribution < 1.29 is 9.53 Å². The monoisotopic (exact) mass is 287 g/mol. The van der Waals surface area contributed by atoms with E-state index in [1.165, 1.54) is 0 Å². The summed E-state index contributed by atoms with van der Waals surface area (Å²) in [5.41, 5.74) is 8.55. The third-order valence-corrected chi connectivity index (χ3v) is 2.65. The number of halogens is 1. The summed E-state index contributed by atoms with van der Waals surface area (Å²) in [4.78, 5) is 11.2. The van der Waals surface area contributed by atoms with Crippen LogP contribution in [0.4, 0.5) is 0 Å². The number of hydrogen-bond donors (Lipinski definition) is 3. The van der Waals surface area contributed by atoms with Crippen molar-refractivity contribution in [3.05, 3.63) is 28.2 Å². The highest BCUT2D eigenvalue weighted by Crippen LogP contribution is 2.23. The van der Waals surface area contributed by atoms with Gasteiger partial charge in [0, 0.05) is 10.9 Å². The zero-order valence-electron chi connectivity index (χ0n) is 8.87. The molecule has 1 aromatic rings. The fraction of sp³-hybridized carbons (Fsp3) is 0.300. The Bertz CT molecular complexity index is 384. The Morgan fingerprint density at radius 1 is 1.62 bits per heavy atom. The summed E-state index contributed by atoms with van der Waals surface area (Å²) in [7, 11) is 1.57. The first kappa shape index (κ1) is 13.0. The van der Waals surface area contributed by atoms with Crippen LogP contribution in [0.15, 0.2) is 22.7 Å². The van der Waals surface area contributed by atoms with Gasteiger partial charge >= 0.3 is 0 Å². The third kappa shape index (κ3) is 3.19. The molecule has 0 aromatic heterocycles. The van der Waals surface area contributed by atoms with Crippen LogP contribution in [-0.2, 0) is 11.2 Å². The maximum absolute atomic E-state index is 11.2. The SMILES string of the molecule is COc1ccc(Br)cc1CC(N)C(=O)NN. The molecule has 0 bridgehead atoms. The average Bonchev–Trinajstić information content (AvgIpc) is 2.28. The topological polar surface area (TPSA) is 90.4 Å². The van der Waals surface area contributed by atoms with Crippen LogP contribution in [0.25, 0.3) is 0 Å². The lowest BCUT2D eigenvalue weighted by molar-refractivity contribution is -0.122. The molecule has 1 unspecified atom stereocenters. The smallest absolute Gasteiger partial charge is 0.251 e. The molecule has 0 aliphatic carbocycles. The highest BCUT2D eigenvalue weighted by Gasteiger charge is 2.15. The molecule has 1 rings (SSSR count). The second-order valence-corrected chi connectivity index (χ2v) is 4.19. The van der Waals surface area contributed by atoms with Crippen LogP contribution in [-0.4, -0.2) is 19.1 Å². The number of carbonyl (C=O) groups excluding carboxylic acids is 1. The lowest BCUT2D eigenvalue weighted by Gasteiger charge is -2.13. The minimum Gasteiger partial charge on any atom is -0.496 e. The van der Waals surface area contributed by atoms with E-state index in [1.807, 2.05) is 23.6 Å². The van der Waals surface area contributed by atoms with Crippen LogP contribution in [0.2, 0.25) is 0 Å². The van der Waals surface area contributed by atoms with Gasteiger partial charge in [0.15, 0.2) is 0 Å². The lowest BCUT2D eigenvalue weighted by atomic mass is 10.1. The van der Waals surface area contributed by atoms with Crippen LogP contribution in [0.1, 0.15) is 5.56 Å². The molecule has 1 atom stereocenters. The van der Waals surface area contributed by atoms with Gasteiger partial charge in [-0.3, -0.25) is 10.2 Å². The maximum Gasteiger partial charge on any atom is 0.251 e. The summed E-state index contributed by atoms with van der Waals surface area (Å²) < 4.78 is 6.08. The van der Waals surface area contributed by atoms with Crippen molar-refractivity contribution in [2.75, 3.05) is 7.11 Å². The summed E-state index contributed by atoms with van der Waals surface area (Å²) in [5.74, 6) is 5.30. The molecule has 6 heteroatoms. The van der Waals surface area contributed by atoms with Gasteiger partial charge in [-0.1, -0.05) is 15.9 Å². The Morgan fingerprint density at radius 2 is 2.31 bits per heavy atom. The molecular weight excluding hydrogens is 274 g/mol. The van der Waals surface area contributed by atoms with E-state index in [9.17, 15) is 4.79 Å². The largest absolute Gasteiger partial charge is 0.496 e. The normalized spacial score (nSPS) is 12.0. The molecule has 88 valence electrons. The van der Waals surface area contributed by atoms with Gasteiger partial charge in [-0.05, 0) is 23.8 Å². The molecular formula is C10H14BrN3O2.